The van der Waals surface area contributed by atoms with Crippen LogP contribution in [0.25, 0.3) is 0 Å². The normalized spacial score (nSPS) is 11.8. The van der Waals surface area contributed by atoms with Crippen molar-refractivity contribution in [1.82, 2.24) is 10.2 Å². The van der Waals surface area contributed by atoms with Crippen LogP contribution in [0.15, 0.2) is 18.2 Å². The second kappa shape index (κ2) is 5.48. The fourth-order valence-electron chi connectivity index (χ4n) is 1.46. The number of nitrogens with one attached hydrogen (secondary N) is 1. The van der Waals surface area contributed by atoms with Gasteiger partial charge in [0.15, 0.2) is 0 Å². The molecular weight excluding hydrogens is 237 g/mol. The van der Waals surface area contributed by atoms with Crippen LogP contribution in [0.3, 0.4) is 0 Å². The molecule has 18 heavy (non-hydrogen) atoms. The Morgan fingerprint density at radius 1 is 1.39 bits per heavy atom. The minimum absolute atomic E-state index is 0.0217. The van der Waals surface area contributed by atoms with Crippen molar-refractivity contribution < 1.29 is 14.0 Å². The lowest BCUT2D eigenvalue weighted by Gasteiger charge is -2.18. The maximum atomic E-state index is 13.2. The third kappa shape index (κ3) is 2.97. The van der Waals surface area contributed by atoms with Crippen LogP contribution in [0.5, 0.6) is 0 Å². The summed E-state index contributed by atoms with van der Waals surface area (Å²) in [5.74, 6) is -1.48. The third-order valence-corrected chi connectivity index (χ3v) is 2.46. The fraction of sp³-hybridized carbons (Fsp3) is 0.333. The summed E-state index contributed by atoms with van der Waals surface area (Å²) >= 11 is 0. The van der Waals surface area contributed by atoms with Gasteiger partial charge >= 0.3 is 0 Å². The number of carbonyl (C=O) groups is 2. The molecule has 0 aliphatic carbocycles. The van der Waals surface area contributed by atoms with E-state index in [1.165, 1.54) is 23.1 Å². The molecule has 0 spiro atoms. The number of amides is 2. The van der Waals surface area contributed by atoms with Crippen LogP contribution in [0.2, 0.25) is 0 Å². The van der Waals surface area contributed by atoms with Crippen molar-refractivity contribution in [3.63, 3.8) is 0 Å². The zero-order valence-corrected chi connectivity index (χ0v) is 10.5. The molecule has 98 valence electrons. The molecule has 1 unspecified atom stereocenters. The van der Waals surface area contributed by atoms with Gasteiger partial charge in [-0.15, -0.1) is 0 Å². The number of likely N-dealkylation sites (N-methyl/N-ethyl adjacent to an activating group) is 1. The van der Waals surface area contributed by atoms with Gasteiger partial charge in [0, 0.05) is 14.1 Å². The first kappa shape index (κ1) is 14.0. The SMILES string of the molecule is CC(NC(=O)c1cccc(F)c1N)C(=O)N(C)C. The second-order valence-electron chi connectivity index (χ2n) is 4.13. The van der Waals surface area contributed by atoms with Gasteiger partial charge < -0.3 is 16.0 Å². The topological polar surface area (TPSA) is 75.4 Å². The Balaban J connectivity index is 2.83. The van der Waals surface area contributed by atoms with Gasteiger partial charge in [-0.05, 0) is 19.1 Å². The van der Waals surface area contributed by atoms with E-state index in [1.807, 2.05) is 0 Å². The first-order valence-corrected chi connectivity index (χ1v) is 5.40. The molecule has 0 aliphatic heterocycles. The molecule has 1 aromatic carbocycles. The number of carbonyl (C=O) groups excluding carboxylic acids is 2. The Hall–Kier alpha value is -2.11. The fourth-order valence-corrected chi connectivity index (χ4v) is 1.46. The molecule has 2 amide bonds. The molecule has 0 heterocycles. The largest absolute Gasteiger partial charge is 0.396 e. The first-order valence-electron chi connectivity index (χ1n) is 5.40. The third-order valence-electron chi connectivity index (χ3n) is 2.46. The Kier molecular flexibility index (Phi) is 4.25. The summed E-state index contributed by atoms with van der Waals surface area (Å²) in [5.41, 5.74) is 5.26. The van der Waals surface area contributed by atoms with E-state index >= 15 is 0 Å². The van der Waals surface area contributed by atoms with E-state index in [0.29, 0.717) is 0 Å². The molecule has 0 aliphatic rings. The molecule has 0 aromatic heterocycles. The summed E-state index contributed by atoms with van der Waals surface area (Å²) in [7, 11) is 3.17. The number of para-hydroxylation sites is 1. The lowest BCUT2D eigenvalue weighted by atomic mass is 10.1. The van der Waals surface area contributed by atoms with E-state index in [9.17, 15) is 14.0 Å². The lowest BCUT2D eigenvalue weighted by molar-refractivity contribution is -0.130. The summed E-state index contributed by atoms with van der Waals surface area (Å²) in [6, 6.07) is 3.26. The van der Waals surface area contributed by atoms with Crippen LogP contribution >= 0.6 is 0 Å². The number of nitrogens with zero attached hydrogens (tertiary/aromatic N) is 1. The van der Waals surface area contributed by atoms with Gasteiger partial charge in [0.05, 0.1) is 11.3 Å². The molecule has 0 radical (unpaired) electrons. The number of anilines is 1. The van der Waals surface area contributed by atoms with Crippen LogP contribution in [-0.2, 0) is 4.79 Å². The molecular formula is C12H16FN3O2. The Bertz CT molecular complexity index is 474. The summed E-state index contributed by atoms with van der Waals surface area (Å²) in [5, 5.41) is 2.47. The van der Waals surface area contributed by atoms with Crippen LogP contribution in [0.4, 0.5) is 10.1 Å². The van der Waals surface area contributed by atoms with Crippen molar-refractivity contribution >= 4 is 17.5 Å². The molecule has 6 heteroatoms. The summed E-state index contributed by atoms with van der Waals surface area (Å²) in [6.07, 6.45) is 0. The standard InChI is InChI=1S/C12H16FN3O2/c1-7(12(18)16(2)3)15-11(17)8-5-4-6-9(13)10(8)14/h4-7H,14H2,1-3H3,(H,15,17). The number of benzene rings is 1. The first-order chi connectivity index (χ1) is 8.34. The zero-order chi connectivity index (χ0) is 13.9. The molecule has 5 nitrogen and oxygen atoms in total. The predicted octanol–water partition coefficient (Wildman–Crippen LogP) is 0.614. The van der Waals surface area contributed by atoms with Crippen LogP contribution in [0, 0.1) is 5.82 Å². The van der Waals surface area contributed by atoms with Crippen molar-refractivity contribution in [3.05, 3.63) is 29.6 Å². The highest BCUT2D eigenvalue weighted by Crippen LogP contribution is 2.15. The minimum Gasteiger partial charge on any atom is -0.396 e. The van der Waals surface area contributed by atoms with Crippen molar-refractivity contribution in [2.45, 2.75) is 13.0 Å². The van der Waals surface area contributed by atoms with Crippen molar-refractivity contribution in [3.8, 4) is 0 Å². The number of hydrogen-bond donors (Lipinski definition) is 2. The Morgan fingerprint density at radius 2 is 2.00 bits per heavy atom. The second-order valence-corrected chi connectivity index (χ2v) is 4.13. The average Bonchev–Trinajstić information content (AvgIpc) is 2.31. The highest BCUT2D eigenvalue weighted by atomic mass is 19.1. The molecule has 1 atom stereocenters. The van der Waals surface area contributed by atoms with Gasteiger partial charge in [0.1, 0.15) is 11.9 Å². The van der Waals surface area contributed by atoms with Gasteiger partial charge in [-0.1, -0.05) is 6.07 Å². The zero-order valence-electron chi connectivity index (χ0n) is 10.5. The molecule has 1 rings (SSSR count). The number of halogens is 1. The van der Waals surface area contributed by atoms with Crippen molar-refractivity contribution in [2.75, 3.05) is 19.8 Å². The number of rotatable bonds is 3. The lowest BCUT2D eigenvalue weighted by Crippen LogP contribution is -2.44. The van der Waals surface area contributed by atoms with Crippen LogP contribution < -0.4 is 11.1 Å². The van der Waals surface area contributed by atoms with Gasteiger partial charge in [-0.25, -0.2) is 4.39 Å². The highest BCUT2D eigenvalue weighted by Gasteiger charge is 2.19. The number of nitrogen functional groups attached to an aromatic ring is 1. The Labute approximate surface area is 105 Å². The summed E-state index contributed by atoms with van der Waals surface area (Å²) in [6.45, 7) is 1.55. The van der Waals surface area contributed by atoms with Gasteiger partial charge in [0.25, 0.3) is 5.91 Å². The quantitative estimate of drug-likeness (QED) is 0.775. The minimum atomic E-state index is -0.699. The molecule has 0 saturated heterocycles. The highest BCUT2D eigenvalue weighted by molar-refractivity contribution is 6.01. The van der Waals surface area contributed by atoms with E-state index in [1.54, 1.807) is 21.0 Å². The molecule has 0 fully saturated rings. The van der Waals surface area contributed by atoms with Crippen molar-refractivity contribution in [1.29, 1.82) is 0 Å². The van der Waals surface area contributed by atoms with E-state index < -0.39 is 17.8 Å². The summed E-state index contributed by atoms with van der Waals surface area (Å²) < 4.78 is 13.2. The van der Waals surface area contributed by atoms with E-state index in [-0.39, 0.29) is 17.2 Å². The predicted molar refractivity (Wildman–Crippen MR) is 66.4 cm³/mol. The molecule has 0 saturated carbocycles. The molecule has 3 N–H and O–H groups in total. The van der Waals surface area contributed by atoms with Gasteiger partial charge in [-0.3, -0.25) is 9.59 Å². The summed E-state index contributed by atoms with van der Waals surface area (Å²) in [4.78, 5) is 24.8. The van der Waals surface area contributed by atoms with Gasteiger partial charge in [0.2, 0.25) is 5.91 Å². The van der Waals surface area contributed by atoms with E-state index in [4.69, 9.17) is 5.73 Å². The van der Waals surface area contributed by atoms with Crippen LogP contribution in [-0.4, -0.2) is 36.9 Å². The van der Waals surface area contributed by atoms with E-state index in [2.05, 4.69) is 5.32 Å². The average molecular weight is 253 g/mol. The van der Waals surface area contributed by atoms with Crippen molar-refractivity contribution in [2.24, 2.45) is 0 Å². The maximum Gasteiger partial charge on any atom is 0.254 e. The molecule has 1 aromatic rings. The number of nitrogens with two attached hydrogens (primary N) is 1. The van der Waals surface area contributed by atoms with Gasteiger partial charge in [-0.2, -0.15) is 0 Å². The maximum absolute atomic E-state index is 13.2. The smallest absolute Gasteiger partial charge is 0.254 e. The monoisotopic (exact) mass is 253 g/mol. The Morgan fingerprint density at radius 3 is 2.56 bits per heavy atom. The number of hydrogen-bond acceptors (Lipinski definition) is 3. The molecule has 0 bridgehead atoms. The van der Waals surface area contributed by atoms with E-state index in [0.717, 1.165) is 0 Å². The van der Waals surface area contributed by atoms with Crippen LogP contribution in [0.1, 0.15) is 17.3 Å².